The first-order valence-electron chi connectivity index (χ1n) is 11.1. The molecule has 1 fully saturated rings. The Balaban J connectivity index is 1.66. The summed E-state index contributed by atoms with van der Waals surface area (Å²) in [6.45, 7) is 3.54. The smallest absolute Gasteiger partial charge is 0.330 e. The van der Waals surface area contributed by atoms with Crippen molar-refractivity contribution >= 4 is 23.5 Å². The van der Waals surface area contributed by atoms with E-state index in [1.807, 2.05) is 0 Å². The molecule has 0 atom stereocenters. The van der Waals surface area contributed by atoms with Gasteiger partial charge in [-0.1, -0.05) is 0 Å². The lowest BCUT2D eigenvalue weighted by molar-refractivity contribution is 0.249. The lowest BCUT2D eigenvalue weighted by atomic mass is 9.92. The average Bonchev–Trinajstić information content (AvgIpc) is 2.80. The molecule has 1 aliphatic carbocycles. The maximum Gasteiger partial charge on any atom is 0.330 e. The number of aromatic nitrogens is 2. The third-order valence-electron chi connectivity index (χ3n) is 6.00. The first kappa shape index (κ1) is 23.0. The number of hydrogen-bond acceptors (Lipinski definition) is 7. The number of amides is 2. The second kappa shape index (κ2) is 9.34. The summed E-state index contributed by atoms with van der Waals surface area (Å²) in [5.74, 6) is -2.67. The van der Waals surface area contributed by atoms with Crippen LogP contribution in [0.15, 0.2) is 12.3 Å². The molecular formula is C22H28F2N6O3. The van der Waals surface area contributed by atoms with E-state index in [-0.39, 0.29) is 37.5 Å². The van der Waals surface area contributed by atoms with E-state index in [1.54, 1.807) is 20.0 Å². The molecule has 9 nitrogen and oxygen atoms in total. The zero-order chi connectivity index (χ0) is 23.7. The van der Waals surface area contributed by atoms with Gasteiger partial charge < -0.3 is 20.9 Å². The Morgan fingerprint density at radius 1 is 1.24 bits per heavy atom. The van der Waals surface area contributed by atoms with Gasteiger partial charge in [-0.05, 0) is 39.5 Å². The highest BCUT2D eigenvalue weighted by Gasteiger charge is 2.37. The highest BCUT2D eigenvalue weighted by molar-refractivity contribution is 6.05. The Morgan fingerprint density at radius 2 is 1.97 bits per heavy atom. The standard InChI is InChI=1S/C22H28F2N6O3/c1-3-29-20-12(10-26-21(28-20)27-14-7-5-13(25)6-8-14)11-30(22(29)32)19-17(23)15(31)9-16(18(19)24)33-4-2/h9-10,13-14,31H,3-8,11,25H2,1-2H3,(H,26,27,28). The Hall–Kier alpha value is -3.21. The number of carbonyl (C=O) groups is 1. The van der Waals surface area contributed by atoms with Crippen LogP contribution in [0.1, 0.15) is 45.1 Å². The molecule has 1 aromatic heterocycles. The minimum atomic E-state index is -1.24. The Morgan fingerprint density at radius 3 is 2.64 bits per heavy atom. The second-order valence-electron chi connectivity index (χ2n) is 8.21. The molecule has 2 heterocycles. The first-order chi connectivity index (χ1) is 15.8. The largest absolute Gasteiger partial charge is 0.505 e. The number of ether oxygens (including phenoxy) is 1. The summed E-state index contributed by atoms with van der Waals surface area (Å²) in [6, 6.07) is 0.607. The predicted molar refractivity (Wildman–Crippen MR) is 120 cm³/mol. The Kier molecular flexibility index (Phi) is 6.50. The zero-order valence-corrected chi connectivity index (χ0v) is 18.6. The van der Waals surface area contributed by atoms with E-state index in [2.05, 4.69) is 15.3 Å². The van der Waals surface area contributed by atoms with Crippen molar-refractivity contribution in [2.24, 2.45) is 5.73 Å². The molecule has 2 aromatic rings. The fraction of sp³-hybridized carbons (Fsp3) is 0.500. The maximum atomic E-state index is 15.1. The van der Waals surface area contributed by atoms with Crippen molar-refractivity contribution in [2.75, 3.05) is 28.3 Å². The van der Waals surface area contributed by atoms with Gasteiger partial charge in [-0.3, -0.25) is 9.80 Å². The van der Waals surface area contributed by atoms with Crippen molar-refractivity contribution in [1.82, 2.24) is 9.97 Å². The van der Waals surface area contributed by atoms with Crippen molar-refractivity contribution in [2.45, 2.75) is 58.2 Å². The fourth-order valence-electron chi connectivity index (χ4n) is 4.28. The van der Waals surface area contributed by atoms with E-state index in [4.69, 9.17) is 10.5 Å². The van der Waals surface area contributed by atoms with E-state index in [9.17, 15) is 14.3 Å². The van der Waals surface area contributed by atoms with Gasteiger partial charge in [0.1, 0.15) is 11.5 Å². The third-order valence-corrected chi connectivity index (χ3v) is 6.00. The molecule has 4 N–H and O–H groups in total. The van der Waals surface area contributed by atoms with Gasteiger partial charge in [0.05, 0.1) is 13.2 Å². The van der Waals surface area contributed by atoms with Crippen molar-refractivity contribution in [3.8, 4) is 11.5 Å². The number of halogens is 2. The van der Waals surface area contributed by atoms with E-state index >= 15 is 4.39 Å². The number of aromatic hydroxyl groups is 1. The molecule has 2 amide bonds. The number of nitrogens with two attached hydrogens (primary N) is 1. The normalized spacial score (nSPS) is 20.6. The summed E-state index contributed by atoms with van der Waals surface area (Å²) < 4.78 is 35.0. The number of nitrogens with zero attached hydrogens (tertiary/aromatic N) is 4. The van der Waals surface area contributed by atoms with Gasteiger partial charge in [0.25, 0.3) is 0 Å². The topological polar surface area (TPSA) is 117 Å². The number of nitrogens with one attached hydrogen (secondary N) is 1. The molecule has 33 heavy (non-hydrogen) atoms. The van der Waals surface area contributed by atoms with Crippen LogP contribution in [0.4, 0.5) is 31.0 Å². The van der Waals surface area contributed by atoms with Crippen molar-refractivity contribution in [3.05, 3.63) is 29.5 Å². The number of urea groups is 1. The Labute approximate surface area is 190 Å². The fourth-order valence-corrected chi connectivity index (χ4v) is 4.28. The average molecular weight is 463 g/mol. The van der Waals surface area contributed by atoms with Gasteiger partial charge in [-0.2, -0.15) is 4.98 Å². The van der Waals surface area contributed by atoms with Gasteiger partial charge in [0, 0.05) is 36.5 Å². The monoisotopic (exact) mass is 462 g/mol. The molecule has 0 radical (unpaired) electrons. The van der Waals surface area contributed by atoms with Gasteiger partial charge >= 0.3 is 6.03 Å². The number of fused-ring (bicyclic) bond motifs is 1. The summed E-state index contributed by atoms with van der Waals surface area (Å²) >= 11 is 0. The minimum Gasteiger partial charge on any atom is -0.505 e. The highest BCUT2D eigenvalue weighted by Crippen LogP contribution is 2.40. The molecule has 0 unspecified atom stereocenters. The minimum absolute atomic E-state index is 0.107. The van der Waals surface area contributed by atoms with Crippen LogP contribution < -0.4 is 25.6 Å². The quantitative estimate of drug-likeness (QED) is 0.601. The van der Waals surface area contributed by atoms with E-state index < -0.39 is 29.1 Å². The molecule has 1 aliphatic heterocycles. The molecule has 2 aliphatic rings. The van der Waals surface area contributed by atoms with Crippen LogP contribution in [-0.2, 0) is 6.54 Å². The van der Waals surface area contributed by atoms with Crippen LogP contribution in [0.3, 0.4) is 0 Å². The van der Waals surface area contributed by atoms with E-state index in [1.165, 1.54) is 4.90 Å². The van der Waals surface area contributed by atoms with Crippen LogP contribution in [0.5, 0.6) is 11.5 Å². The molecule has 0 spiro atoms. The molecular weight excluding hydrogens is 434 g/mol. The number of hydrogen-bond donors (Lipinski definition) is 3. The molecule has 0 bridgehead atoms. The molecule has 1 aromatic carbocycles. The molecule has 4 rings (SSSR count). The van der Waals surface area contributed by atoms with Gasteiger partial charge in [-0.15, -0.1) is 0 Å². The van der Waals surface area contributed by atoms with Crippen molar-refractivity contribution < 1.29 is 23.4 Å². The highest BCUT2D eigenvalue weighted by atomic mass is 19.1. The van der Waals surface area contributed by atoms with Crippen LogP contribution in [-0.4, -0.2) is 46.3 Å². The van der Waals surface area contributed by atoms with E-state index in [0.717, 1.165) is 36.6 Å². The van der Waals surface area contributed by atoms with Crippen LogP contribution in [0.25, 0.3) is 0 Å². The van der Waals surface area contributed by atoms with Gasteiger partial charge in [0.2, 0.25) is 5.95 Å². The number of phenols is 1. The van der Waals surface area contributed by atoms with Crippen LogP contribution in [0.2, 0.25) is 0 Å². The lowest BCUT2D eigenvalue weighted by Gasteiger charge is -2.36. The van der Waals surface area contributed by atoms with Gasteiger partial charge in [-0.25, -0.2) is 18.6 Å². The Bertz CT molecular complexity index is 1050. The number of anilines is 3. The summed E-state index contributed by atoms with van der Waals surface area (Å²) in [6.07, 6.45) is 5.20. The number of benzene rings is 1. The third kappa shape index (κ3) is 4.37. The number of rotatable bonds is 6. The van der Waals surface area contributed by atoms with Crippen molar-refractivity contribution in [1.29, 1.82) is 0 Å². The summed E-state index contributed by atoms with van der Waals surface area (Å²) in [4.78, 5) is 24.4. The zero-order valence-electron chi connectivity index (χ0n) is 18.6. The molecule has 11 heteroatoms. The first-order valence-corrected chi connectivity index (χ1v) is 11.1. The number of carbonyl (C=O) groups excluding carboxylic acids is 1. The lowest BCUT2D eigenvalue weighted by Crippen LogP contribution is -2.48. The maximum absolute atomic E-state index is 15.1. The van der Waals surface area contributed by atoms with Crippen molar-refractivity contribution in [3.63, 3.8) is 0 Å². The summed E-state index contributed by atoms with van der Waals surface area (Å²) in [7, 11) is 0. The summed E-state index contributed by atoms with van der Waals surface area (Å²) in [5.41, 5.74) is 5.81. The van der Waals surface area contributed by atoms with E-state index in [0.29, 0.717) is 17.3 Å². The van der Waals surface area contributed by atoms with Crippen LogP contribution in [0, 0.1) is 11.6 Å². The van der Waals surface area contributed by atoms with Crippen LogP contribution >= 0.6 is 0 Å². The second-order valence-corrected chi connectivity index (χ2v) is 8.21. The molecule has 1 saturated carbocycles. The molecule has 178 valence electrons. The van der Waals surface area contributed by atoms with Gasteiger partial charge in [0.15, 0.2) is 23.1 Å². The predicted octanol–water partition coefficient (Wildman–Crippen LogP) is 3.51. The molecule has 0 saturated heterocycles. The number of phenolic OH excluding ortho intramolecular Hbond substituents is 1. The summed E-state index contributed by atoms with van der Waals surface area (Å²) in [5, 5.41) is 13.3. The SMILES string of the molecule is CCOc1cc(O)c(F)c(N2Cc3cnc(NC4CCC(N)CC4)nc3N(CC)C2=O)c1F.